The van der Waals surface area contributed by atoms with Crippen molar-refractivity contribution in [2.75, 3.05) is 5.32 Å². The lowest BCUT2D eigenvalue weighted by atomic mass is 10.1. The number of hydrogen-bond donors (Lipinski definition) is 2. The molecule has 1 fully saturated rings. The van der Waals surface area contributed by atoms with E-state index in [9.17, 15) is 4.79 Å². The first-order chi connectivity index (χ1) is 9.06. The van der Waals surface area contributed by atoms with Crippen molar-refractivity contribution in [3.63, 3.8) is 0 Å². The number of carbonyl (C=O) groups excluding carboxylic acids is 1. The van der Waals surface area contributed by atoms with Crippen LogP contribution in [0.25, 0.3) is 0 Å². The molecule has 0 heterocycles. The molecule has 0 spiro atoms. The molecular weight excluding hydrogens is 256 g/mol. The van der Waals surface area contributed by atoms with Crippen molar-refractivity contribution >= 4 is 28.8 Å². The van der Waals surface area contributed by atoms with Gasteiger partial charge in [-0.2, -0.15) is 0 Å². The van der Waals surface area contributed by atoms with Crippen LogP contribution in [0.2, 0.25) is 0 Å². The Labute approximate surface area is 119 Å². The maximum atomic E-state index is 12.0. The van der Waals surface area contributed by atoms with Gasteiger partial charge in [0.2, 0.25) is 0 Å². The van der Waals surface area contributed by atoms with Crippen molar-refractivity contribution in [3.05, 3.63) is 29.3 Å². The molecule has 0 unspecified atom stereocenters. The van der Waals surface area contributed by atoms with Crippen molar-refractivity contribution in [1.82, 2.24) is 5.32 Å². The predicted octanol–water partition coefficient (Wildman–Crippen LogP) is 3.10. The van der Waals surface area contributed by atoms with Crippen molar-refractivity contribution < 1.29 is 4.79 Å². The second kappa shape index (κ2) is 6.15. The van der Waals surface area contributed by atoms with Gasteiger partial charge in [0.05, 0.1) is 0 Å². The van der Waals surface area contributed by atoms with E-state index < -0.39 is 0 Å². The van der Waals surface area contributed by atoms with E-state index in [1.807, 2.05) is 32.0 Å². The maximum Gasteiger partial charge on any atom is 0.283 e. The smallest absolute Gasteiger partial charge is 0.283 e. The van der Waals surface area contributed by atoms with Crippen LogP contribution in [0.1, 0.15) is 36.8 Å². The second-order valence-electron chi connectivity index (χ2n) is 5.23. The molecule has 19 heavy (non-hydrogen) atoms. The summed E-state index contributed by atoms with van der Waals surface area (Å²) in [7, 11) is 0. The number of thiocarbonyl (C=S) groups is 1. The Hall–Kier alpha value is -1.42. The minimum Gasteiger partial charge on any atom is -0.369 e. The van der Waals surface area contributed by atoms with Crippen LogP contribution in [-0.2, 0) is 4.79 Å². The highest BCUT2D eigenvalue weighted by atomic mass is 32.1. The topological polar surface area (TPSA) is 41.1 Å². The minimum absolute atomic E-state index is 0.212. The molecule has 0 radical (unpaired) electrons. The highest BCUT2D eigenvalue weighted by Crippen LogP contribution is 2.18. The molecule has 1 aliphatic rings. The van der Waals surface area contributed by atoms with Crippen LogP contribution in [-0.4, -0.2) is 16.9 Å². The summed E-state index contributed by atoms with van der Waals surface area (Å²) >= 11 is 5.17. The molecule has 0 atom stereocenters. The summed E-state index contributed by atoms with van der Waals surface area (Å²) in [6.45, 7) is 3.98. The maximum absolute atomic E-state index is 12.0. The molecule has 1 aliphatic carbocycles. The van der Waals surface area contributed by atoms with Gasteiger partial charge in [-0.3, -0.25) is 4.79 Å². The molecule has 4 heteroatoms. The largest absolute Gasteiger partial charge is 0.369 e. The monoisotopic (exact) mass is 276 g/mol. The fraction of sp³-hybridized carbons (Fsp3) is 0.467. The van der Waals surface area contributed by atoms with Gasteiger partial charge in [-0.1, -0.05) is 37.2 Å². The van der Waals surface area contributed by atoms with Crippen LogP contribution in [0.5, 0.6) is 0 Å². The van der Waals surface area contributed by atoms with Gasteiger partial charge < -0.3 is 10.6 Å². The molecule has 1 aromatic rings. The molecule has 1 saturated carbocycles. The number of hydrogen-bond acceptors (Lipinski definition) is 2. The molecule has 2 N–H and O–H groups in total. The number of aryl methyl sites for hydroxylation is 2. The first-order valence-electron chi connectivity index (χ1n) is 6.75. The summed E-state index contributed by atoms with van der Waals surface area (Å²) in [6.07, 6.45) is 4.66. The Kier molecular flexibility index (Phi) is 4.53. The highest BCUT2D eigenvalue weighted by molar-refractivity contribution is 7.82. The third-order valence-electron chi connectivity index (χ3n) is 3.54. The SMILES string of the molecule is Cc1ccc(C)c(NC(=O)C(=S)NC2CCCC2)c1. The molecule has 2 rings (SSSR count). The van der Waals surface area contributed by atoms with Crippen molar-refractivity contribution in [2.24, 2.45) is 0 Å². The average Bonchev–Trinajstić information content (AvgIpc) is 2.86. The molecule has 102 valence electrons. The van der Waals surface area contributed by atoms with E-state index in [1.165, 1.54) is 12.8 Å². The van der Waals surface area contributed by atoms with Gasteiger partial charge >= 0.3 is 0 Å². The second-order valence-corrected chi connectivity index (χ2v) is 5.64. The number of nitrogens with one attached hydrogen (secondary N) is 2. The van der Waals surface area contributed by atoms with Gasteiger partial charge in [-0.05, 0) is 43.9 Å². The average molecular weight is 276 g/mol. The Morgan fingerprint density at radius 3 is 2.63 bits per heavy atom. The summed E-state index contributed by atoms with van der Waals surface area (Å²) < 4.78 is 0. The van der Waals surface area contributed by atoms with Gasteiger partial charge in [-0.15, -0.1) is 0 Å². The molecule has 3 nitrogen and oxygen atoms in total. The molecule has 0 aliphatic heterocycles. The summed E-state index contributed by atoms with van der Waals surface area (Å²) in [5.41, 5.74) is 3.00. The van der Waals surface area contributed by atoms with E-state index >= 15 is 0 Å². The van der Waals surface area contributed by atoms with Gasteiger partial charge in [0, 0.05) is 11.7 Å². The number of amides is 1. The van der Waals surface area contributed by atoms with E-state index in [4.69, 9.17) is 12.2 Å². The van der Waals surface area contributed by atoms with E-state index in [0.29, 0.717) is 11.0 Å². The van der Waals surface area contributed by atoms with E-state index in [1.54, 1.807) is 0 Å². The van der Waals surface area contributed by atoms with Crippen LogP contribution >= 0.6 is 12.2 Å². The fourth-order valence-corrected chi connectivity index (χ4v) is 2.59. The summed E-state index contributed by atoms with van der Waals surface area (Å²) in [4.78, 5) is 12.3. The standard InChI is InChI=1S/C15H20N2OS/c1-10-7-8-11(2)13(9-10)17-14(18)15(19)16-12-5-3-4-6-12/h7-9,12H,3-6H2,1-2H3,(H,16,19)(H,17,18). The lowest BCUT2D eigenvalue weighted by Gasteiger charge is -2.15. The van der Waals surface area contributed by atoms with Gasteiger partial charge in [0.15, 0.2) is 4.99 Å². The van der Waals surface area contributed by atoms with Crippen LogP contribution < -0.4 is 10.6 Å². The predicted molar refractivity (Wildman–Crippen MR) is 82.5 cm³/mol. The number of benzene rings is 1. The summed E-state index contributed by atoms with van der Waals surface area (Å²) in [5, 5.41) is 6.03. The first-order valence-corrected chi connectivity index (χ1v) is 7.16. The lowest BCUT2D eigenvalue weighted by Crippen LogP contribution is -2.39. The molecule has 1 aromatic carbocycles. The van der Waals surface area contributed by atoms with E-state index in [-0.39, 0.29) is 5.91 Å². The summed E-state index contributed by atoms with van der Waals surface area (Å²) in [5.74, 6) is -0.212. The first kappa shape index (κ1) is 14.0. The zero-order chi connectivity index (χ0) is 13.8. The Bertz CT molecular complexity index is 493. The van der Waals surface area contributed by atoms with Crippen LogP contribution in [0.15, 0.2) is 18.2 Å². The van der Waals surface area contributed by atoms with Crippen molar-refractivity contribution in [3.8, 4) is 0 Å². The van der Waals surface area contributed by atoms with Crippen molar-refractivity contribution in [1.29, 1.82) is 0 Å². The van der Waals surface area contributed by atoms with Crippen LogP contribution in [0.3, 0.4) is 0 Å². The number of anilines is 1. The normalized spacial score (nSPS) is 15.3. The summed E-state index contributed by atoms with van der Waals surface area (Å²) in [6, 6.07) is 6.36. The van der Waals surface area contributed by atoms with Gasteiger partial charge in [0.1, 0.15) is 0 Å². The van der Waals surface area contributed by atoms with Gasteiger partial charge in [-0.25, -0.2) is 0 Å². The fourth-order valence-electron chi connectivity index (χ4n) is 2.37. The molecular formula is C15H20N2OS. The quantitative estimate of drug-likeness (QED) is 0.816. The van der Waals surface area contributed by atoms with E-state index in [2.05, 4.69) is 10.6 Å². The Morgan fingerprint density at radius 2 is 1.95 bits per heavy atom. The highest BCUT2D eigenvalue weighted by Gasteiger charge is 2.19. The molecule has 0 saturated heterocycles. The van der Waals surface area contributed by atoms with Crippen molar-refractivity contribution in [2.45, 2.75) is 45.6 Å². The Morgan fingerprint density at radius 1 is 1.26 bits per heavy atom. The third kappa shape index (κ3) is 3.77. The minimum atomic E-state index is -0.212. The van der Waals surface area contributed by atoms with Crippen LogP contribution in [0, 0.1) is 13.8 Å². The third-order valence-corrected chi connectivity index (χ3v) is 3.84. The van der Waals surface area contributed by atoms with Crippen LogP contribution in [0.4, 0.5) is 5.69 Å². The molecule has 0 bridgehead atoms. The van der Waals surface area contributed by atoms with E-state index in [0.717, 1.165) is 29.7 Å². The number of rotatable bonds is 2. The Balaban J connectivity index is 1.96. The number of carbonyl (C=O) groups is 1. The zero-order valence-corrected chi connectivity index (χ0v) is 12.3. The molecule has 1 amide bonds. The van der Waals surface area contributed by atoms with Gasteiger partial charge in [0.25, 0.3) is 5.91 Å². The molecule has 0 aromatic heterocycles. The lowest BCUT2D eigenvalue weighted by molar-refractivity contribution is -0.110. The zero-order valence-electron chi connectivity index (χ0n) is 11.5.